The zero-order valence-electron chi connectivity index (χ0n) is 11.5. The Morgan fingerprint density at radius 3 is 2.55 bits per heavy atom. The largest absolute Gasteiger partial charge is 0.341 e. The first-order chi connectivity index (χ1) is 9.80. The van der Waals surface area contributed by atoms with Gasteiger partial charge in [-0.1, -0.05) is 6.07 Å². The minimum atomic E-state index is -4.67. The molecule has 2 unspecified atom stereocenters. The van der Waals surface area contributed by atoms with Crippen LogP contribution in [0.3, 0.4) is 0 Å². The number of halogens is 3. The fourth-order valence-corrected chi connectivity index (χ4v) is 3.12. The highest BCUT2D eigenvalue weighted by Gasteiger charge is 2.29. The number of carbonyl (C=O) groups excluding carboxylic acids is 1. The van der Waals surface area contributed by atoms with Crippen LogP contribution < -0.4 is 11.1 Å². The Balaban J connectivity index is 0.00000242. The van der Waals surface area contributed by atoms with Gasteiger partial charge in [0.1, 0.15) is 0 Å². The van der Waals surface area contributed by atoms with Crippen LogP contribution in [0.2, 0.25) is 0 Å². The van der Waals surface area contributed by atoms with Gasteiger partial charge in [0.25, 0.3) is 0 Å². The van der Waals surface area contributed by atoms with Crippen molar-refractivity contribution in [2.24, 2.45) is 11.7 Å². The van der Waals surface area contributed by atoms with E-state index in [4.69, 9.17) is 5.73 Å². The number of anilines is 1. The maximum Gasteiger partial charge on any atom is 0.341 e. The Hall–Kier alpha value is -1.25. The summed E-state index contributed by atoms with van der Waals surface area (Å²) >= 11 is 0. The average Bonchev–Trinajstić information content (AvgIpc) is 2.85. The zero-order chi connectivity index (χ0) is 15.6. The van der Waals surface area contributed by atoms with Gasteiger partial charge >= 0.3 is 5.76 Å². The number of benzene rings is 1. The third-order valence-electron chi connectivity index (χ3n) is 3.51. The topological polar surface area (TPSA) is 89.3 Å². The summed E-state index contributed by atoms with van der Waals surface area (Å²) in [6.45, 7) is 0. The first kappa shape index (κ1) is 18.8. The number of alkyl halides is 2. The van der Waals surface area contributed by atoms with Crippen LogP contribution in [0.25, 0.3) is 0 Å². The van der Waals surface area contributed by atoms with E-state index in [9.17, 15) is 22.0 Å². The van der Waals surface area contributed by atoms with Crippen molar-refractivity contribution in [3.63, 3.8) is 0 Å². The van der Waals surface area contributed by atoms with Crippen LogP contribution in [0.1, 0.15) is 19.3 Å². The summed E-state index contributed by atoms with van der Waals surface area (Å²) in [6.07, 6.45) is 2.00. The van der Waals surface area contributed by atoms with E-state index in [2.05, 4.69) is 5.32 Å². The van der Waals surface area contributed by atoms with E-state index in [0.717, 1.165) is 18.6 Å². The molecule has 1 aromatic carbocycles. The molecule has 22 heavy (non-hydrogen) atoms. The van der Waals surface area contributed by atoms with Crippen molar-refractivity contribution < 1.29 is 22.0 Å². The number of rotatable bonds is 4. The molecule has 0 aliphatic heterocycles. The fourth-order valence-electron chi connectivity index (χ4n) is 2.35. The van der Waals surface area contributed by atoms with E-state index in [1.807, 2.05) is 0 Å². The van der Waals surface area contributed by atoms with E-state index < -0.39 is 20.5 Å². The van der Waals surface area contributed by atoms with Gasteiger partial charge in [-0.3, -0.25) is 4.79 Å². The second kappa shape index (κ2) is 7.34. The summed E-state index contributed by atoms with van der Waals surface area (Å²) in [5.74, 6) is -3.99. The number of nitrogens with one attached hydrogen (secondary N) is 1. The smallest absolute Gasteiger partial charge is 0.328 e. The molecule has 5 nitrogen and oxygen atoms in total. The van der Waals surface area contributed by atoms with Crippen molar-refractivity contribution in [3.8, 4) is 0 Å². The maximum atomic E-state index is 12.5. The van der Waals surface area contributed by atoms with Crippen LogP contribution in [0.5, 0.6) is 0 Å². The van der Waals surface area contributed by atoms with E-state index in [1.54, 1.807) is 0 Å². The Labute approximate surface area is 133 Å². The molecule has 1 saturated carbocycles. The standard InChI is InChI=1S/C13H16F2N2O3S.ClH/c14-13(15)21(19,20)11-3-1-2-10(7-11)17-12(18)8-4-5-9(16)6-8;/h1-3,7-9,13H,4-6,16H2,(H,17,18);1H. The molecule has 3 N–H and O–H groups in total. The quantitative estimate of drug-likeness (QED) is 0.867. The summed E-state index contributed by atoms with van der Waals surface area (Å²) in [6, 6.07) is 4.87. The van der Waals surface area contributed by atoms with Gasteiger partial charge in [-0.05, 0) is 37.5 Å². The van der Waals surface area contributed by atoms with Crippen LogP contribution in [0, 0.1) is 5.92 Å². The lowest BCUT2D eigenvalue weighted by Crippen LogP contribution is -2.23. The molecule has 0 aromatic heterocycles. The highest BCUT2D eigenvalue weighted by Crippen LogP contribution is 2.26. The molecule has 9 heteroatoms. The predicted octanol–water partition coefficient (Wildman–Crippen LogP) is 2.17. The molecule has 2 atom stereocenters. The van der Waals surface area contributed by atoms with Gasteiger partial charge in [-0.2, -0.15) is 8.78 Å². The molecule has 0 bridgehead atoms. The second-order valence-electron chi connectivity index (χ2n) is 5.09. The Morgan fingerprint density at radius 1 is 1.32 bits per heavy atom. The fraction of sp³-hybridized carbons (Fsp3) is 0.462. The Kier molecular flexibility index (Phi) is 6.27. The van der Waals surface area contributed by atoms with Crippen molar-refractivity contribution in [1.29, 1.82) is 0 Å². The van der Waals surface area contributed by atoms with Crippen molar-refractivity contribution >= 4 is 33.8 Å². The van der Waals surface area contributed by atoms with Gasteiger partial charge in [0.2, 0.25) is 15.7 Å². The average molecular weight is 355 g/mol. The second-order valence-corrected chi connectivity index (χ2v) is 7.01. The molecule has 0 heterocycles. The van der Waals surface area contributed by atoms with Gasteiger partial charge in [0, 0.05) is 17.6 Å². The normalized spacial score (nSPS) is 21.5. The predicted molar refractivity (Wildman–Crippen MR) is 80.8 cm³/mol. The summed E-state index contributed by atoms with van der Waals surface area (Å²) in [5, 5.41) is 2.55. The first-order valence-corrected chi connectivity index (χ1v) is 8.04. The zero-order valence-corrected chi connectivity index (χ0v) is 13.2. The summed E-state index contributed by atoms with van der Waals surface area (Å²) < 4.78 is 47.8. The SMILES string of the molecule is Cl.NC1CCC(C(=O)Nc2cccc(S(=O)(=O)C(F)F)c2)C1. The summed E-state index contributed by atoms with van der Waals surface area (Å²) in [7, 11) is -4.67. The molecule has 124 valence electrons. The van der Waals surface area contributed by atoms with Crippen LogP contribution in [0.15, 0.2) is 29.2 Å². The molecule has 1 aromatic rings. The van der Waals surface area contributed by atoms with E-state index >= 15 is 0 Å². The third-order valence-corrected chi connectivity index (χ3v) is 4.89. The van der Waals surface area contributed by atoms with E-state index in [-0.39, 0.29) is 36.0 Å². The number of nitrogens with two attached hydrogens (primary N) is 1. The first-order valence-electron chi connectivity index (χ1n) is 6.49. The number of sulfone groups is 1. The number of carbonyl (C=O) groups is 1. The van der Waals surface area contributed by atoms with Gasteiger partial charge < -0.3 is 11.1 Å². The Bertz CT molecular complexity index is 640. The molecule has 2 rings (SSSR count). The highest BCUT2D eigenvalue weighted by atomic mass is 35.5. The van der Waals surface area contributed by atoms with Crippen LogP contribution >= 0.6 is 12.4 Å². The molecule has 1 amide bonds. The van der Waals surface area contributed by atoms with Crippen molar-refractivity contribution in [1.82, 2.24) is 0 Å². The molecule has 1 aliphatic rings. The molecular formula is C13H17ClF2N2O3S. The van der Waals surface area contributed by atoms with Crippen LogP contribution in [0.4, 0.5) is 14.5 Å². The molecular weight excluding hydrogens is 338 g/mol. The van der Waals surface area contributed by atoms with Gasteiger partial charge in [0.15, 0.2) is 0 Å². The van der Waals surface area contributed by atoms with Crippen LogP contribution in [-0.2, 0) is 14.6 Å². The summed E-state index contributed by atoms with van der Waals surface area (Å²) in [4.78, 5) is 11.5. The van der Waals surface area contributed by atoms with E-state index in [0.29, 0.717) is 12.8 Å². The number of hydrogen-bond acceptors (Lipinski definition) is 4. The monoisotopic (exact) mass is 354 g/mol. The lowest BCUT2D eigenvalue weighted by Gasteiger charge is -2.12. The van der Waals surface area contributed by atoms with Gasteiger partial charge in [0.05, 0.1) is 4.90 Å². The van der Waals surface area contributed by atoms with Crippen LogP contribution in [-0.4, -0.2) is 26.1 Å². The highest BCUT2D eigenvalue weighted by molar-refractivity contribution is 7.91. The van der Waals surface area contributed by atoms with Crippen molar-refractivity contribution in [2.75, 3.05) is 5.32 Å². The number of amides is 1. The molecule has 1 aliphatic carbocycles. The number of hydrogen-bond donors (Lipinski definition) is 2. The van der Waals surface area contributed by atoms with Gasteiger partial charge in [-0.25, -0.2) is 8.42 Å². The minimum absolute atomic E-state index is 0. The third kappa shape index (κ3) is 4.15. The van der Waals surface area contributed by atoms with Crippen molar-refractivity contribution in [3.05, 3.63) is 24.3 Å². The molecule has 0 saturated heterocycles. The minimum Gasteiger partial charge on any atom is -0.328 e. The molecule has 0 spiro atoms. The lowest BCUT2D eigenvalue weighted by molar-refractivity contribution is -0.119. The van der Waals surface area contributed by atoms with Gasteiger partial charge in [-0.15, -0.1) is 12.4 Å². The van der Waals surface area contributed by atoms with Crippen molar-refractivity contribution in [2.45, 2.75) is 36.0 Å². The molecule has 0 radical (unpaired) electrons. The lowest BCUT2D eigenvalue weighted by atomic mass is 10.1. The molecule has 1 fully saturated rings. The summed E-state index contributed by atoms with van der Waals surface area (Å²) in [5.41, 5.74) is 5.91. The Morgan fingerprint density at radius 2 is 2.00 bits per heavy atom. The maximum absolute atomic E-state index is 12.5. The van der Waals surface area contributed by atoms with E-state index in [1.165, 1.54) is 12.1 Å².